The van der Waals surface area contributed by atoms with E-state index in [1.807, 2.05) is 35.4 Å². The molecule has 0 radical (unpaired) electrons. The third-order valence-corrected chi connectivity index (χ3v) is 4.50. The Kier molecular flexibility index (Phi) is 5.02. The summed E-state index contributed by atoms with van der Waals surface area (Å²) in [6, 6.07) is 5.72. The molecule has 2 aromatic heterocycles. The number of nitrogens with zero attached hydrogens (tertiary/aromatic N) is 3. The van der Waals surface area contributed by atoms with E-state index in [0.717, 1.165) is 24.3 Å². The van der Waals surface area contributed by atoms with Crippen LogP contribution >= 0.6 is 11.3 Å². The van der Waals surface area contributed by atoms with Crippen LogP contribution in [-0.4, -0.2) is 40.0 Å². The van der Waals surface area contributed by atoms with E-state index < -0.39 is 0 Å². The zero-order valence-corrected chi connectivity index (χ0v) is 13.8. The molecule has 0 spiro atoms. The van der Waals surface area contributed by atoms with Crippen molar-refractivity contribution in [3.05, 3.63) is 46.6 Å². The van der Waals surface area contributed by atoms with Crippen LogP contribution in [0.25, 0.3) is 6.08 Å². The van der Waals surface area contributed by atoms with Crippen LogP contribution in [0.15, 0.2) is 35.9 Å². The van der Waals surface area contributed by atoms with Crippen molar-refractivity contribution in [1.82, 2.24) is 14.9 Å². The van der Waals surface area contributed by atoms with Crippen LogP contribution in [0.5, 0.6) is 5.88 Å². The van der Waals surface area contributed by atoms with Crippen molar-refractivity contribution in [2.45, 2.75) is 25.9 Å². The van der Waals surface area contributed by atoms with Gasteiger partial charge in [0.25, 0.3) is 0 Å². The SMILES string of the molecule is Cc1nccc(O[C@@H]2CCCN(C(=O)/C=C/c3cccs3)C2)n1. The molecule has 0 aliphatic carbocycles. The Labute approximate surface area is 139 Å². The first-order valence-electron chi connectivity index (χ1n) is 7.67. The minimum Gasteiger partial charge on any atom is -0.472 e. The lowest BCUT2D eigenvalue weighted by Crippen LogP contribution is -2.43. The molecule has 1 amide bonds. The van der Waals surface area contributed by atoms with Gasteiger partial charge in [-0.3, -0.25) is 4.79 Å². The minimum atomic E-state index is -0.0165. The van der Waals surface area contributed by atoms with Crippen LogP contribution in [0.1, 0.15) is 23.5 Å². The Morgan fingerprint density at radius 2 is 2.39 bits per heavy atom. The third-order valence-electron chi connectivity index (χ3n) is 3.66. The van der Waals surface area contributed by atoms with Gasteiger partial charge in [0.05, 0.1) is 6.54 Å². The molecule has 1 saturated heterocycles. The zero-order chi connectivity index (χ0) is 16.1. The number of piperidine rings is 1. The highest BCUT2D eigenvalue weighted by molar-refractivity contribution is 7.10. The maximum atomic E-state index is 12.3. The highest BCUT2D eigenvalue weighted by atomic mass is 32.1. The molecular formula is C17H19N3O2S. The van der Waals surface area contributed by atoms with Crippen LogP contribution in [0.4, 0.5) is 0 Å². The lowest BCUT2D eigenvalue weighted by atomic mass is 10.1. The lowest BCUT2D eigenvalue weighted by molar-refractivity contribution is -0.128. The van der Waals surface area contributed by atoms with Crippen LogP contribution in [0, 0.1) is 6.92 Å². The number of thiophene rings is 1. The predicted molar refractivity (Wildman–Crippen MR) is 90.4 cm³/mol. The summed E-state index contributed by atoms with van der Waals surface area (Å²) >= 11 is 1.62. The van der Waals surface area contributed by atoms with Gasteiger partial charge in [0.1, 0.15) is 11.9 Å². The molecule has 5 nitrogen and oxygen atoms in total. The molecular weight excluding hydrogens is 310 g/mol. The number of rotatable bonds is 4. The first kappa shape index (κ1) is 15.7. The first-order valence-corrected chi connectivity index (χ1v) is 8.55. The van der Waals surface area contributed by atoms with E-state index in [-0.39, 0.29) is 12.0 Å². The number of likely N-dealkylation sites (tertiary alicyclic amines) is 1. The molecule has 0 unspecified atom stereocenters. The van der Waals surface area contributed by atoms with E-state index in [0.29, 0.717) is 18.2 Å². The molecule has 0 saturated carbocycles. The number of aryl methyl sites for hydroxylation is 1. The Bertz CT molecular complexity index is 685. The van der Waals surface area contributed by atoms with E-state index in [4.69, 9.17) is 4.74 Å². The molecule has 3 heterocycles. The first-order chi connectivity index (χ1) is 11.2. The maximum Gasteiger partial charge on any atom is 0.246 e. The molecule has 120 valence electrons. The zero-order valence-electron chi connectivity index (χ0n) is 13.0. The number of ether oxygens (including phenoxy) is 1. The Morgan fingerprint density at radius 1 is 1.48 bits per heavy atom. The fourth-order valence-electron chi connectivity index (χ4n) is 2.55. The molecule has 2 aromatic rings. The van der Waals surface area contributed by atoms with Crippen molar-refractivity contribution < 1.29 is 9.53 Å². The van der Waals surface area contributed by atoms with Crippen LogP contribution in [0.2, 0.25) is 0 Å². The topological polar surface area (TPSA) is 55.3 Å². The Hall–Kier alpha value is -2.21. The van der Waals surface area contributed by atoms with Crippen molar-refractivity contribution >= 4 is 23.3 Å². The molecule has 1 atom stereocenters. The number of hydrogen-bond donors (Lipinski definition) is 0. The van der Waals surface area contributed by atoms with Crippen molar-refractivity contribution in [3.8, 4) is 5.88 Å². The average molecular weight is 329 g/mol. The number of amides is 1. The van der Waals surface area contributed by atoms with E-state index in [2.05, 4.69) is 9.97 Å². The van der Waals surface area contributed by atoms with Gasteiger partial charge in [0.15, 0.2) is 0 Å². The quantitative estimate of drug-likeness (QED) is 0.809. The van der Waals surface area contributed by atoms with Gasteiger partial charge in [0.2, 0.25) is 11.8 Å². The normalized spacial score (nSPS) is 18.3. The highest BCUT2D eigenvalue weighted by Gasteiger charge is 2.24. The summed E-state index contributed by atoms with van der Waals surface area (Å²) in [6.07, 6.45) is 7.05. The van der Waals surface area contributed by atoms with E-state index in [1.54, 1.807) is 29.7 Å². The monoisotopic (exact) mass is 329 g/mol. The standard InChI is InChI=1S/C17H19N3O2S/c1-13-18-9-8-16(19-13)22-14-4-2-10-20(12-14)17(21)7-6-15-5-3-11-23-15/h3,5-9,11,14H,2,4,10,12H2,1H3/b7-6+/t14-/m1/s1. The molecule has 0 aromatic carbocycles. The molecule has 1 fully saturated rings. The van der Waals surface area contributed by atoms with E-state index in [9.17, 15) is 4.79 Å². The maximum absolute atomic E-state index is 12.3. The van der Waals surface area contributed by atoms with Gasteiger partial charge in [-0.25, -0.2) is 4.98 Å². The van der Waals surface area contributed by atoms with Gasteiger partial charge in [-0.2, -0.15) is 4.98 Å². The summed E-state index contributed by atoms with van der Waals surface area (Å²) in [7, 11) is 0. The van der Waals surface area contributed by atoms with Crippen molar-refractivity contribution in [1.29, 1.82) is 0 Å². The van der Waals surface area contributed by atoms with Gasteiger partial charge in [-0.15, -0.1) is 11.3 Å². The molecule has 3 rings (SSSR count). The van der Waals surface area contributed by atoms with Crippen LogP contribution in [-0.2, 0) is 4.79 Å². The Morgan fingerprint density at radius 3 is 3.17 bits per heavy atom. The van der Waals surface area contributed by atoms with Gasteiger partial charge in [-0.05, 0) is 37.3 Å². The Balaban J connectivity index is 1.58. The second kappa shape index (κ2) is 7.37. The molecule has 0 bridgehead atoms. The number of hydrogen-bond acceptors (Lipinski definition) is 5. The lowest BCUT2D eigenvalue weighted by Gasteiger charge is -2.32. The van der Waals surface area contributed by atoms with Gasteiger partial charge < -0.3 is 9.64 Å². The predicted octanol–water partition coefficient (Wildman–Crippen LogP) is 2.93. The molecule has 6 heteroatoms. The highest BCUT2D eigenvalue weighted by Crippen LogP contribution is 2.17. The summed E-state index contributed by atoms with van der Waals surface area (Å²) in [5.41, 5.74) is 0. The second-order valence-corrected chi connectivity index (χ2v) is 6.44. The molecule has 23 heavy (non-hydrogen) atoms. The molecule has 0 N–H and O–H groups in total. The summed E-state index contributed by atoms with van der Waals surface area (Å²) in [6.45, 7) is 3.20. The molecule has 1 aliphatic rings. The second-order valence-electron chi connectivity index (χ2n) is 5.46. The largest absolute Gasteiger partial charge is 0.472 e. The van der Waals surface area contributed by atoms with Gasteiger partial charge >= 0.3 is 0 Å². The van der Waals surface area contributed by atoms with Crippen LogP contribution < -0.4 is 4.74 Å². The van der Waals surface area contributed by atoms with Crippen molar-refractivity contribution in [2.24, 2.45) is 0 Å². The van der Waals surface area contributed by atoms with E-state index in [1.165, 1.54) is 0 Å². The van der Waals surface area contributed by atoms with Gasteiger partial charge in [-0.1, -0.05) is 6.07 Å². The number of carbonyl (C=O) groups is 1. The fourth-order valence-corrected chi connectivity index (χ4v) is 3.17. The smallest absolute Gasteiger partial charge is 0.246 e. The van der Waals surface area contributed by atoms with Crippen LogP contribution in [0.3, 0.4) is 0 Å². The summed E-state index contributed by atoms with van der Waals surface area (Å²) in [5.74, 6) is 1.29. The average Bonchev–Trinajstić information content (AvgIpc) is 3.06. The van der Waals surface area contributed by atoms with Gasteiger partial charge in [0, 0.05) is 29.8 Å². The number of carbonyl (C=O) groups excluding carboxylic acids is 1. The third kappa shape index (κ3) is 4.39. The summed E-state index contributed by atoms with van der Waals surface area (Å²) in [4.78, 5) is 23.5. The van der Waals surface area contributed by atoms with Crippen molar-refractivity contribution in [3.63, 3.8) is 0 Å². The molecule has 1 aliphatic heterocycles. The number of aromatic nitrogens is 2. The van der Waals surface area contributed by atoms with Crippen molar-refractivity contribution in [2.75, 3.05) is 13.1 Å². The minimum absolute atomic E-state index is 0.0165. The fraction of sp³-hybridized carbons (Fsp3) is 0.353. The van der Waals surface area contributed by atoms with E-state index >= 15 is 0 Å². The summed E-state index contributed by atoms with van der Waals surface area (Å²) < 4.78 is 5.90. The summed E-state index contributed by atoms with van der Waals surface area (Å²) in [5, 5.41) is 2.00.